The fourth-order valence-corrected chi connectivity index (χ4v) is 2.12. The Labute approximate surface area is 106 Å². The lowest BCUT2D eigenvalue weighted by atomic mass is 9.94. The van der Waals surface area contributed by atoms with Crippen LogP contribution in [0.2, 0.25) is 0 Å². The van der Waals surface area contributed by atoms with Crippen molar-refractivity contribution in [1.29, 1.82) is 0 Å². The van der Waals surface area contributed by atoms with Crippen LogP contribution >= 0.6 is 0 Å². The van der Waals surface area contributed by atoms with E-state index >= 15 is 0 Å². The second kappa shape index (κ2) is 4.78. The second-order valence-corrected chi connectivity index (χ2v) is 4.64. The van der Waals surface area contributed by atoms with Crippen LogP contribution in [0.1, 0.15) is 30.4 Å². The first-order valence-electron chi connectivity index (χ1n) is 5.94. The highest BCUT2D eigenvalue weighted by molar-refractivity contribution is 5.94. The summed E-state index contributed by atoms with van der Waals surface area (Å²) in [5.41, 5.74) is 2.84. The van der Waals surface area contributed by atoms with Gasteiger partial charge in [0, 0.05) is 19.2 Å². The number of nitrogens with zero attached hydrogens (tertiary/aromatic N) is 1. The fourth-order valence-electron chi connectivity index (χ4n) is 2.12. The summed E-state index contributed by atoms with van der Waals surface area (Å²) in [6.45, 7) is 1.83. The van der Waals surface area contributed by atoms with Crippen LogP contribution in [0.15, 0.2) is 18.2 Å². The molecule has 0 aromatic heterocycles. The van der Waals surface area contributed by atoms with Crippen molar-refractivity contribution < 1.29 is 9.59 Å². The van der Waals surface area contributed by atoms with Gasteiger partial charge in [0.2, 0.25) is 11.8 Å². The van der Waals surface area contributed by atoms with Gasteiger partial charge in [-0.3, -0.25) is 14.6 Å². The molecule has 1 aromatic rings. The van der Waals surface area contributed by atoms with E-state index in [2.05, 4.69) is 5.32 Å². The Morgan fingerprint density at radius 1 is 1.44 bits per heavy atom. The van der Waals surface area contributed by atoms with Gasteiger partial charge in [0.25, 0.3) is 0 Å². The number of aryl methyl sites for hydroxylation is 1. The Morgan fingerprint density at radius 3 is 2.83 bits per heavy atom. The fraction of sp³-hybridized carbons (Fsp3) is 0.385. The number of anilines is 1. The minimum absolute atomic E-state index is 0.0427. The number of amides is 2. The molecular formula is C13H17N3O2. The van der Waals surface area contributed by atoms with Crippen molar-refractivity contribution in [1.82, 2.24) is 5.01 Å². The number of nitrogens with two attached hydrogens (primary N) is 1. The van der Waals surface area contributed by atoms with E-state index in [4.69, 9.17) is 5.84 Å². The Balaban J connectivity index is 2.26. The molecule has 1 aromatic carbocycles. The molecule has 0 saturated heterocycles. The number of likely N-dealkylation sites (N-methyl/N-ethyl adjacent to an activating group) is 1. The molecule has 1 unspecified atom stereocenters. The predicted octanol–water partition coefficient (Wildman–Crippen LogP) is 1.01. The van der Waals surface area contributed by atoms with Crippen LogP contribution in [-0.2, 0) is 16.0 Å². The van der Waals surface area contributed by atoms with Crippen molar-refractivity contribution in [3.05, 3.63) is 29.3 Å². The van der Waals surface area contributed by atoms with Crippen LogP contribution in [0.4, 0.5) is 5.69 Å². The molecule has 18 heavy (non-hydrogen) atoms. The third kappa shape index (κ3) is 2.36. The standard InChI is InChI=1S/C13H17N3O2/c1-8(13(18)16(2)14)9-3-5-11-10(7-9)4-6-12(17)15-11/h3,5,7-8H,4,6,14H2,1-2H3,(H,15,17). The Kier molecular flexibility index (Phi) is 3.34. The Morgan fingerprint density at radius 2 is 2.17 bits per heavy atom. The van der Waals surface area contributed by atoms with Gasteiger partial charge >= 0.3 is 0 Å². The number of carbonyl (C=O) groups excluding carboxylic acids is 2. The summed E-state index contributed by atoms with van der Waals surface area (Å²) < 4.78 is 0. The van der Waals surface area contributed by atoms with Crippen molar-refractivity contribution in [2.45, 2.75) is 25.7 Å². The lowest BCUT2D eigenvalue weighted by Crippen LogP contribution is -2.36. The van der Waals surface area contributed by atoms with Gasteiger partial charge in [0.15, 0.2) is 0 Å². The summed E-state index contributed by atoms with van der Waals surface area (Å²) in [6.07, 6.45) is 1.21. The largest absolute Gasteiger partial charge is 0.326 e. The van der Waals surface area contributed by atoms with Crippen LogP contribution in [0.5, 0.6) is 0 Å². The van der Waals surface area contributed by atoms with E-state index in [9.17, 15) is 9.59 Å². The third-order valence-corrected chi connectivity index (χ3v) is 3.24. The smallest absolute Gasteiger partial charge is 0.243 e. The quantitative estimate of drug-likeness (QED) is 0.465. The van der Waals surface area contributed by atoms with Crippen molar-refractivity contribution in [2.75, 3.05) is 12.4 Å². The van der Waals surface area contributed by atoms with E-state index in [1.165, 1.54) is 7.05 Å². The number of benzene rings is 1. The van der Waals surface area contributed by atoms with Crippen molar-refractivity contribution in [3.8, 4) is 0 Å². The summed E-state index contributed by atoms with van der Waals surface area (Å²) in [4.78, 5) is 23.0. The van der Waals surface area contributed by atoms with Crippen LogP contribution in [0, 0.1) is 0 Å². The lowest BCUT2D eigenvalue weighted by molar-refractivity contribution is -0.131. The number of carbonyl (C=O) groups is 2. The third-order valence-electron chi connectivity index (χ3n) is 3.24. The molecule has 5 nitrogen and oxygen atoms in total. The minimum atomic E-state index is -0.275. The average Bonchev–Trinajstić information content (AvgIpc) is 2.36. The Hall–Kier alpha value is -1.88. The summed E-state index contributed by atoms with van der Waals surface area (Å²) in [7, 11) is 1.54. The van der Waals surface area contributed by atoms with Crippen molar-refractivity contribution in [2.24, 2.45) is 5.84 Å². The maximum atomic E-state index is 11.8. The molecule has 5 heteroatoms. The van der Waals surface area contributed by atoms with Gasteiger partial charge in [-0.25, -0.2) is 5.84 Å². The molecule has 2 rings (SSSR count). The molecule has 2 amide bonds. The van der Waals surface area contributed by atoms with E-state index in [-0.39, 0.29) is 17.7 Å². The predicted molar refractivity (Wildman–Crippen MR) is 68.8 cm³/mol. The second-order valence-electron chi connectivity index (χ2n) is 4.64. The van der Waals surface area contributed by atoms with E-state index in [0.29, 0.717) is 12.8 Å². The summed E-state index contributed by atoms with van der Waals surface area (Å²) >= 11 is 0. The molecular weight excluding hydrogens is 230 g/mol. The zero-order chi connectivity index (χ0) is 13.3. The first-order chi connectivity index (χ1) is 8.49. The molecule has 1 atom stereocenters. The highest BCUT2D eigenvalue weighted by atomic mass is 16.2. The number of hydrogen-bond donors (Lipinski definition) is 2. The summed E-state index contributed by atoms with van der Waals surface area (Å²) in [5, 5.41) is 3.92. The van der Waals surface area contributed by atoms with E-state index < -0.39 is 0 Å². The zero-order valence-electron chi connectivity index (χ0n) is 10.6. The van der Waals surface area contributed by atoms with Gasteiger partial charge in [-0.15, -0.1) is 0 Å². The molecule has 0 bridgehead atoms. The number of rotatable bonds is 2. The van der Waals surface area contributed by atoms with Gasteiger partial charge in [-0.1, -0.05) is 12.1 Å². The number of fused-ring (bicyclic) bond motifs is 1. The molecule has 0 spiro atoms. The monoisotopic (exact) mass is 247 g/mol. The number of hydrogen-bond acceptors (Lipinski definition) is 3. The summed E-state index contributed by atoms with van der Waals surface area (Å²) in [6, 6.07) is 5.68. The maximum Gasteiger partial charge on any atom is 0.243 e. The van der Waals surface area contributed by atoms with Crippen molar-refractivity contribution in [3.63, 3.8) is 0 Å². The normalized spacial score (nSPS) is 15.6. The van der Waals surface area contributed by atoms with Crippen LogP contribution in [0.25, 0.3) is 0 Å². The van der Waals surface area contributed by atoms with Gasteiger partial charge in [0.1, 0.15) is 0 Å². The van der Waals surface area contributed by atoms with Crippen LogP contribution < -0.4 is 11.2 Å². The average molecular weight is 247 g/mol. The molecule has 0 radical (unpaired) electrons. The van der Waals surface area contributed by atoms with Gasteiger partial charge < -0.3 is 5.32 Å². The zero-order valence-corrected chi connectivity index (χ0v) is 10.6. The summed E-state index contributed by atoms with van der Waals surface area (Å²) in [5.74, 6) is 5.09. The van der Waals surface area contributed by atoms with Gasteiger partial charge in [-0.05, 0) is 30.5 Å². The molecule has 1 aliphatic heterocycles. The molecule has 96 valence electrons. The number of nitrogens with one attached hydrogen (secondary N) is 1. The van der Waals surface area contributed by atoms with Crippen LogP contribution in [0.3, 0.4) is 0 Å². The van der Waals surface area contributed by atoms with Gasteiger partial charge in [0.05, 0.1) is 5.92 Å². The van der Waals surface area contributed by atoms with E-state index in [0.717, 1.165) is 21.8 Å². The lowest BCUT2D eigenvalue weighted by Gasteiger charge is -2.21. The number of hydrazine groups is 1. The molecule has 0 aliphatic carbocycles. The first kappa shape index (κ1) is 12.6. The van der Waals surface area contributed by atoms with Crippen LogP contribution in [-0.4, -0.2) is 23.9 Å². The topological polar surface area (TPSA) is 75.4 Å². The molecule has 1 heterocycles. The minimum Gasteiger partial charge on any atom is -0.326 e. The highest BCUT2D eigenvalue weighted by Gasteiger charge is 2.20. The molecule has 0 saturated carbocycles. The molecule has 1 aliphatic rings. The van der Waals surface area contributed by atoms with Gasteiger partial charge in [-0.2, -0.15) is 0 Å². The SMILES string of the molecule is CC(C(=O)N(C)N)c1ccc2c(c1)CCC(=O)N2. The molecule has 0 fully saturated rings. The first-order valence-corrected chi connectivity index (χ1v) is 5.94. The maximum absolute atomic E-state index is 11.8. The Bertz CT molecular complexity index is 497. The highest BCUT2D eigenvalue weighted by Crippen LogP contribution is 2.27. The van der Waals surface area contributed by atoms with Crippen molar-refractivity contribution >= 4 is 17.5 Å². The van der Waals surface area contributed by atoms with E-state index in [1.807, 2.05) is 25.1 Å². The molecule has 3 N–H and O–H groups in total. The van der Waals surface area contributed by atoms with E-state index in [1.54, 1.807) is 0 Å².